The summed E-state index contributed by atoms with van der Waals surface area (Å²) in [5, 5.41) is 5.72. The molecule has 2 N–H and O–H groups in total. The van der Waals surface area contributed by atoms with Crippen molar-refractivity contribution < 1.29 is 19.2 Å². The zero-order valence-corrected chi connectivity index (χ0v) is 17.6. The molecule has 156 valence electrons. The van der Waals surface area contributed by atoms with E-state index in [1.807, 2.05) is 6.92 Å². The van der Waals surface area contributed by atoms with Crippen LogP contribution in [0.5, 0.6) is 0 Å². The number of carbonyl (C=O) groups is 4. The lowest BCUT2D eigenvalue weighted by Gasteiger charge is -2.18. The first-order valence-electron chi connectivity index (χ1n) is 10.3. The molecule has 6 nitrogen and oxygen atoms in total. The van der Waals surface area contributed by atoms with E-state index in [4.69, 9.17) is 0 Å². The van der Waals surface area contributed by atoms with Gasteiger partial charge >= 0.3 is 0 Å². The second-order valence-electron chi connectivity index (χ2n) is 7.47. The summed E-state index contributed by atoms with van der Waals surface area (Å²) in [5.41, 5.74) is 0. The normalized spacial score (nSPS) is 12.9. The van der Waals surface area contributed by atoms with Crippen LogP contribution in [0.4, 0.5) is 0 Å². The molecule has 2 atom stereocenters. The van der Waals surface area contributed by atoms with E-state index >= 15 is 0 Å². The van der Waals surface area contributed by atoms with Gasteiger partial charge in [-0.15, -0.1) is 0 Å². The minimum Gasteiger partial charge on any atom is -0.354 e. The molecule has 2 amide bonds. The van der Waals surface area contributed by atoms with Gasteiger partial charge in [-0.2, -0.15) is 0 Å². The number of hydrogen-bond acceptors (Lipinski definition) is 4. The minimum atomic E-state index is -0.516. The number of nitrogens with one attached hydrogen (secondary N) is 2. The SMILES string of the molecule is CCCCC[C@H](NC(=O)CCCC(C)=O)C(=O)NCCCC[C@H](C)C(C)=O. The average molecular weight is 383 g/mol. The number of rotatable bonds is 16. The number of Topliss-reactive ketones (excluding diaryl/α,β-unsaturated/α-hetero) is 2. The van der Waals surface area contributed by atoms with Crippen molar-refractivity contribution in [3.63, 3.8) is 0 Å². The molecule has 0 saturated heterocycles. The molecule has 0 aliphatic carbocycles. The van der Waals surface area contributed by atoms with Gasteiger partial charge in [0.05, 0.1) is 0 Å². The molecule has 0 aromatic heterocycles. The summed E-state index contributed by atoms with van der Waals surface area (Å²) in [6, 6.07) is -0.516. The Morgan fingerprint density at radius 2 is 1.52 bits per heavy atom. The van der Waals surface area contributed by atoms with Crippen LogP contribution in [0.1, 0.15) is 91.9 Å². The maximum atomic E-state index is 12.4. The van der Waals surface area contributed by atoms with E-state index in [0.29, 0.717) is 25.8 Å². The van der Waals surface area contributed by atoms with Crippen molar-refractivity contribution in [2.75, 3.05) is 6.54 Å². The molecule has 0 bridgehead atoms. The van der Waals surface area contributed by atoms with Gasteiger partial charge in [0.2, 0.25) is 11.8 Å². The Balaban J connectivity index is 4.30. The number of hydrogen-bond donors (Lipinski definition) is 2. The fraction of sp³-hybridized carbons (Fsp3) is 0.810. The van der Waals surface area contributed by atoms with Gasteiger partial charge in [-0.05, 0) is 39.5 Å². The van der Waals surface area contributed by atoms with Gasteiger partial charge in [0.25, 0.3) is 0 Å². The molecule has 0 aromatic rings. The van der Waals surface area contributed by atoms with Gasteiger partial charge in [0.1, 0.15) is 17.6 Å². The first kappa shape index (κ1) is 25.3. The number of unbranched alkanes of at least 4 members (excludes halogenated alkanes) is 3. The number of ketones is 2. The van der Waals surface area contributed by atoms with Gasteiger partial charge in [-0.25, -0.2) is 0 Å². The summed E-state index contributed by atoms with van der Waals surface area (Å²) >= 11 is 0. The van der Waals surface area contributed by atoms with Crippen molar-refractivity contribution in [3.05, 3.63) is 0 Å². The first-order valence-corrected chi connectivity index (χ1v) is 10.3. The van der Waals surface area contributed by atoms with Crippen LogP contribution < -0.4 is 10.6 Å². The topological polar surface area (TPSA) is 92.3 Å². The molecular formula is C21H38N2O4. The maximum Gasteiger partial charge on any atom is 0.242 e. The average Bonchev–Trinajstić information content (AvgIpc) is 2.59. The zero-order valence-electron chi connectivity index (χ0n) is 17.6. The van der Waals surface area contributed by atoms with Crippen molar-refractivity contribution in [1.29, 1.82) is 0 Å². The van der Waals surface area contributed by atoms with E-state index < -0.39 is 6.04 Å². The largest absolute Gasteiger partial charge is 0.354 e. The monoisotopic (exact) mass is 382 g/mol. The van der Waals surface area contributed by atoms with Crippen LogP contribution in [-0.4, -0.2) is 36.0 Å². The van der Waals surface area contributed by atoms with Crippen LogP contribution in [0.25, 0.3) is 0 Å². The third-order valence-electron chi connectivity index (χ3n) is 4.74. The van der Waals surface area contributed by atoms with Crippen molar-refractivity contribution in [3.8, 4) is 0 Å². The Bertz CT molecular complexity index is 477. The van der Waals surface area contributed by atoms with Gasteiger partial charge < -0.3 is 15.4 Å². The van der Waals surface area contributed by atoms with Crippen molar-refractivity contribution in [1.82, 2.24) is 10.6 Å². The molecule has 0 rings (SSSR count). The summed E-state index contributed by atoms with van der Waals surface area (Å²) < 4.78 is 0. The van der Waals surface area contributed by atoms with E-state index in [-0.39, 0.29) is 35.7 Å². The van der Waals surface area contributed by atoms with Crippen LogP contribution in [-0.2, 0) is 19.2 Å². The lowest BCUT2D eigenvalue weighted by atomic mass is 10.0. The van der Waals surface area contributed by atoms with Crippen LogP contribution in [0.3, 0.4) is 0 Å². The molecule has 0 radical (unpaired) electrons. The van der Waals surface area contributed by atoms with Gasteiger partial charge in [0.15, 0.2) is 0 Å². The molecule has 0 spiro atoms. The molecule has 0 saturated carbocycles. The second kappa shape index (κ2) is 15.3. The van der Waals surface area contributed by atoms with Crippen LogP contribution in [0, 0.1) is 5.92 Å². The lowest BCUT2D eigenvalue weighted by molar-refractivity contribution is -0.129. The highest BCUT2D eigenvalue weighted by molar-refractivity contribution is 5.87. The van der Waals surface area contributed by atoms with E-state index in [0.717, 1.165) is 38.5 Å². The smallest absolute Gasteiger partial charge is 0.242 e. The summed E-state index contributed by atoms with van der Waals surface area (Å²) in [6.07, 6.45) is 7.28. The van der Waals surface area contributed by atoms with Crippen molar-refractivity contribution in [2.45, 2.75) is 97.9 Å². The quantitative estimate of drug-likeness (QED) is 0.401. The fourth-order valence-electron chi connectivity index (χ4n) is 2.75. The molecule has 27 heavy (non-hydrogen) atoms. The first-order chi connectivity index (χ1) is 12.8. The van der Waals surface area contributed by atoms with Crippen molar-refractivity contribution in [2.24, 2.45) is 5.92 Å². The fourth-order valence-corrected chi connectivity index (χ4v) is 2.75. The molecule has 0 fully saturated rings. The summed E-state index contributed by atoms with van der Waals surface area (Å²) in [5.74, 6) is 0.00671. The highest BCUT2D eigenvalue weighted by atomic mass is 16.2. The second-order valence-corrected chi connectivity index (χ2v) is 7.47. The van der Waals surface area contributed by atoms with Gasteiger partial charge in [-0.1, -0.05) is 39.5 Å². The Morgan fingerprint density at radius 1 is 0.852 bits per heavy atom. The number of amides is 2. The van der Waals surface area contributed by atoms with Crippen LogP contribution >= 0.6 is 0 Å². The molecule has 0 unspecified atom stereocenters. The Kier molecular flexibility index (Phi) is 14.4. The Labute approximate surface area is 164 Å². The third-order valence-corrected chi connectivity index (χ3v) is 4.74. The molecule has 0 aliphatic rings. The predicted octanol–water partition coefficient (Wildman–Crippen LogP) is 3.32. The molecule has 0 heterocycles. The van der Waals surface area contributed by atoms with Crippen molar-refractivity contribution >= 4 is 23.4 Å². The van der Waals surface area contributed by atoms with Gasteiger partial charge in [0, 0.05) is 25.3 Å². The highest BCUT2D eigenvalue weighted by Gasteiger charge is 2.20. The summed E-state index contributed by atoms with van der Waals surface area (Å²) in [4.78, 5) is 46.7. The summed E-state index contributed by atoms with van der Waals surface area (Å²) in [6.45, 7) is 7.68. The van der Waals surface area contributed by atoms with E-state index in [1.165, 1.54) is 6.92 Å². The van der Waals surface area contributed by atoms with E-state index in [1.54, 1.807) is 6.92 Å². The highest BCUT2D eigenvalue weighted by Crippen LogP contribution is 2.09. The molecule has 0 aliphatic heterocycles. The standard InChI is InChI=1S/C21H38N2O4/c1-5-6-7-13-19(23-20(26)14-10-12-17(3)24)21(27)22-15-9-8-11-16(2)18(4)25/h16,19H,5-15H2,1-4H3,(H,22,27)(H,23,26)/t16-,19-/m0/s1. The molecular weight excluding hydrogens is 344 g/mol. The summed E-state index contributed by atoms with van der Waals surface area (Å²) in [7, 11) is 0. The third kappa shape index (κ3) is 14.1. The Morgan fingerprint density at radius 3 is 2.11 bits per heavy atom. The molecule has 0 aromatic carbocycles. The number of carbonyl (C=O) groups excluding carboxylic acids is 4. The maximum absolute atomic E-state index is 12.4. The minimum absolute atomic E-state index is 0.0665. The zero-order chi connectivity index (χ0) is 20.7. The van der Waals surface area contributed by atoms with Gasteiger partial charge in [-0.3, -0.25) is 14.4 Å². The van der Waals surface area contributed by atoms with E-state index in [2.05, 4.69) is 17.6 Å². The predicted molar refractivity (Wildman–Crippen MR) is 107 cm³/mol. The van der Waals surface area contributed by atoms with Crippen LogP contribution in [0.2, 0.25) is 0 Å². The lowest BCUT2D eigenvalue weighted by Crippen LogP contribution is -2.47. The molecule has 6 heteroatoms. The van der Waals surface area contributed by atoms with Crippen LogP contribution in [0.15, 0.2) is 0 Å². The Hall–Kier alpha value is -1.72. The van der Waals surface area contributed by atoms with E-state index in [9.17, 15) is 19.2 Å².